The monoisotopic (exact) mass is 393 g/mol. The van der Waals surface area contributed by atoms with Crippen molar-refractivity contribution in [2.24, 2.45) is 0 Å². The molecule has 0 radical (unpaired) electrons. The number of nitrogens with zero attached hydrogens (tertiary/aromatic N) is 1. The van der Waals surface area contributed by atoms with Gasteiger partial charge in [-0.15, -0.1) is 0 Å². The molecule has 0 unspecified atom stereocenters. The summed E-state index contributed by atoms with van der Waals surface area (Å²) in [5.41, 5.74) is 2.12. The number of amides is 1. The molecule has 2 rings (SSSR count). The topological polar surface area (TPSA) is 29.5 Å². The Morgan fingerprint density at radius 1 is 1.14 bits per heavy atom. The van der Waals surface area contributed by atoms with Crippen LogP contribution in [-0.4, -0.2) is 20.1 Å². The molecule has 2 aromatic rings. The Labute approximate surface area is 138 Å². The van der Waals surface area contributed by atoms with Crippen molar-refractivity contribution in [3.8, 4) is 5.75 Å². The molecule has 0 aromatic heterocycles. The predicted molar refractivity (Wildman–Crippen MR) is 94.6 cm³/mol. The zero-order valence-electron chi connectivity index (χ0n) is 12.0. The number of hydrogen-bond donors (Lipinski definition) is 0. The molecule has 0 aliphatic heterocycles. The van der Waals surface area contributed by atoms with Gasteiger partial charge in [0, 0.05) is 16.2 Å². The van der Waals surface area contributed by atoms with Gasteiger partial charge in [-0.2, -0.15) is 0 Å². The molecule has 2 aromatic carbocycles. The van der Waals surface area contributed by atoms with E-state index in [4.69, 9.17) is 4.74 Å². The van der Waals surface area contributed by atoms with Gasteiger partial charge in [0.05, 0.1) is 12.8 Å². The van der Waals surface area contributed by atoms with E-state index in [0.29, 0.717) is 5.57 Å². The first-order chi connectivity index (χ1) is 10.0. The van der Waals surface area contributed by atoms with Gasteiger partial charge in [0.1, 0.15) is 5.75 Å². The van der Waals surface area contributed by atoms with Crippen molar-refractivity contribution >= 4 is 39.8 Å². The molecule has 21 heavy (non-hydrogen) atoms. The number of carbonyl (C=O) groups is 1. The fourth-order valence-electron chi connectivity index (χ4n) is 1.95. The van der Waals surface area contributed by atoms with Crippen molar-refractivity contribution in [1.29, 1.82) is 0 Å². The molecule has 0 saturated carbocycles. The Morgan fingerprint density at radius 3 is 2.33 bits per heavy atom. The van der Waals surface area contributed by atoms with E-state index in [1.54, 1.807) is 19.1 Å². The minimum atomic E-state index is -0.121. The van der Waals surface area contributed by atoms with Crippen molar-refractivity contribution in [2.75, 3.05) is 19.1 Å². The fourth-order valence-corrected chi connectivity index (χ4v) is 2.70. The van der Waals surface area contributed by atoms with Crippen LogP contribution in [0.2, 0.25) is 0 Å². The van der Waals surface area contributed by atoms with Crippen molar-refractivity contribution in [2.45, 2.75) is 0 Å². The molecule has 0 atom stereocenters. The van der Waals surface area contributed by atoms with Gasteiger partial charge in [0.15, 0.2) is 0 Å². The molecule has 0 aliphatic rings. The molecule has 0 bridgehead atoms. The summed E-state index contributed by atoms with van der Waals surface area (Å²) >= 11 is 2.22. The first kappa shape index (κ1) is 15.6. The Bertz CT molecular complexity index is 665. The van der Waals surface area contributed by atoms with Crippen molar-refractivity contribution in [3.05, 3.63) is 64.2 Å². The van der Waals surface area contributed by atoms with E-state index in [0.717, 1.165) is 20.6 Å². The molecule has 3 nitrogen and oxygen atoms in total. The minimum Gasteiger partial charge on any atom is -0.497 e. The average molecular weight is 393 g/mol. The summed E-state index contributed by atoms with van der Waals surface area (Å²) in [5, 5.41) is 0. The lowest BCUT2D eigenvalue weighted by Gasteiger charge is -2.20. The first-order valence-electron chi connectivity index (χ1n) is 6.40. The highest BCUT2D eigenvalue weighted by atomic mass is 127. The van der Waals surface area contributed by atoms with Crippen LogP contribution in [0.1, 0.15) is 5.56 Å². The van der Waals surface area contributed by atoms with E-state index >= 15 is 0 Å². The number of anilines is 1. The Morgan fingerprint density at radius 2 is 1.76 bits per heavy atom. The number of benzene rings is 2. The van der Waals surface area contributed by atoms with Gasteiger partial charge >= 0.3 is 0 Å². The summed E-state index contributed by atoms with van der Waals surface area (Å²) in [4.78, 5) is 14.2. The Balaban J connectivity index is 2.22. The van der Waals surface area contributed by atoms with E-state index < -0.39 is 0 Å². The van der Waals surface area contributed by atoms with Gasteiger partial charge < -0.3 is 9.64 Å². The average Bonchev–Trinajstić information content (AvgIpc) is 2.53. The maximum atomic E-state index is 12.5. The summed E-state index contributed by atoms with van der Waals surface area (Å²) in [5.74, 6) is 0.634. The van der Waals surface area contributed by atoms with Crippen LogP contribution in [0.25, 0.3) is 5.57 Å². The number of ether oxygens (including phenoxy) is 1. The second-order valence-corrected chi connectivity index (χ2v) is 5.68. The summed E-state index contributed by atoms with van der Waals surface area (Å²) in [6, 6.07) is 15.1. The summed E-state index contributed by atoms with van der Waals surface area (Å²) in [6.07, 6.45) is 0. The van der Waals surface area contributed by atoms with E-state index in [1.807, 2.05) is 48.5 Å². The molecule has 4 heteroatoms. The number of hydrogen-bond acceptors (Lipinski definition) is 2. The molecule has 0 N–H and O–H groups in total. The molecule has 108 valence electrons. The van der Waals surface area contributed by atoms with Crippen LogP contribution in [0.3, 0.4) is 0 Å². The lowest BCUT2D eigenvalue weighted by Crippen LogP contribution is -2.27. The number of carbonyl (C=O) groups excluding carboxylic acids is 1. The molecule has 0 fully saturated rings. The fraction of sp³-hybridized carbons (Fsp3) is 0.118. The largest absolute Gasteiger partial charge is 0.497 e. The van der Waals surface area contributed by atoms with Crippen LogP contribution in [0.4, 0.5) is 5.69 Å². The number of halogens is 1. The van der Waals surface area contributed by atoms with Crippen LogP contribution in [0.15, 0.2) is 55.1 Å². The standard InChI is InChI=1S/C17H16INO2/c1-12(13-8-10-14(21-3)11-9-13)17(20)19(2)16-7-5-4-6-15(16)18/h4-11H,1H2,2-3H3. The summed E-state index contributed by atoms with van der Waals surface area (Å²) in [6.45, 7) is 3.92. The zero-order chi connectivity index (χ0) is 15.4. The Hall–Kier alpha value is -1.82. The molecule has 0 saturated heterocycles. The molecular formula is C17H16INO2. The maximum Gasteiger partial charge on any atom is 0.258 e. The second-order valence-electron chi connectivity index (χ2n) is 4.52. The zero-order valence-corrected chi connectivity index (χ0v) is 14.1. The lowest BCUT2D eigenvalue weighted by molar-refractivity contribution is -0.113. The van der Waals surface area contributed by atoms with Gasteiger partial charge in [-0.05, 0) is 52.4 Å². The highest BCUT2D eigenvalue weighted by Crippen LogP contribution is 2.25. The number of rotatable bonds is 4. The predicted octanol–water partition coefficient (Wildman–Crippen LogP) is 3.98. The van der Waals surface area contributed by atoms with Crippen LogP contribution < -0.4 is 9.64 Å². The summed E-state index contributed by atoms with van der Waals surface area (Å²) in [7, 11) is 3.37. The van der Waals surface area contributed by atoms with E-state index in [9.17, 15) is 4.79 Å². The van der Waals surface area contributed by atoms with Gasteiger partial charge in [0.25, 0.3) is 5.91 Å². The summed E-state index contributed by atoms with van der Waals surface area (Å²) < 4.78 is 6.14. The van der Waals surface area contributed by atoms with E-state index in [2.05, 4.69) is 29.2 Å². The van der Waals surface area contributed by atoms with E-state index in [-0.39, 0.29) is 5.91 Å². The van der Waals surface area contributed by atoms with Crippen molar-refractivity contribution in [3.63, 3.8) is 0 Å². The molecule has 0 heterocycles. The lowest BCUT2D eigenvalue weighted by atomic mass is 10.1. The second kappa shape index (κ2) is 6.76. The van der Waals surface area contributed by atoms with Gasteiger partial charge in [-0.1, -0.05) is 30.8 Å². The SMILES string of the molecule is C=C(C(=O)N(C)c1ccccc1I)c1ccc(OC)cc1. The quantitative estimate of drug-likeness (QED) is 0.581. The first-order valence-corrected chi connectivity index (χ1v) is 7.48. The number of likely N-dealkylation sites (N-methyl/N-ethyl adjacent to an activating group) is 1. The van der Waals surface area contributed by atoms with Crippen LogP contribution >= 0.6 is 22.6 Å². The third-order valence-electron chi connectivity index (χ3n) is 3.22. The van der Waals surface area contributed by atoms with Crippen molar-refractivity contribution in [1.82, 2.24) is 0 Å². The Kier molecular flexibility index (Phi) is 5.01. The molecule has 0 spiro atoms. The number of methoxy groups -OCH3 is 1. The van der Waals surface area contributed by atoms with Crippen LogP contribution in [0.5, 0.6) is 5.75 Å². The number of para-hydroxylation sites is 1. The van der Waals surface area contributed by atoms with Gasteiger partial charge in [0.2, 0.25) is 0 Å². The molecule has 1 amide bonds. The normalized spacial score (nSPS) is 10.0. The van der Waals surface area contributed by atoms with Crippen molar-refractivity contribution < 1.29 is 9.53 Å². The highest BCUT2D eigenvalue weighted by Gasteiger charge is 2.17. The third-order valence-corrected chi connectivity index (χ3v) is 4.13. The van der Waals surface area contributed by atoms with Crippen LogP contribution in [-0.2, 0) is 4.79 Å². The molecule has 0 aliphatic carbocycles. The minimum absolute atomic E-state index is 0.121. The third kappa shape index (κ3) is 3.44. The van der Waals surface area contributed by atoms with Gasteiger partial charge in [-0.25, -0.2) is 0 Å². The molecular weight excluding hydrogens is 377 g/mol. The maximum absolute atomic E-state index is 12.5. The smallest absolute Gasteiger partial charge is 0.258 e. The highest BCUT2D eigenvalue weighted by molar-refractivity contribution is 14.1. The van der Waals surface area contributed by atoms with Gasteiger partial charge in [-0.3, -0.25) is 4.79 Å². The van der Waals surface area contributed by atoms with E-state index in [1.165, 1.54) is 0 Å². The van der Waals surface area contributed by atoms with Crippen LogP contribution in [0, 0.1) is 3.57 Å².